The van der Waals surface area contributed by atoms with Crippen molar-refractivity contribution in [3.63, 3.8) is 0 Å². The van der Waals surface area contributed by atoms with E-state index in [-0.39, 0.29) is 10.0 Å². The third-order valence-corrected chi connectivity index (χ3v) is 3.97. The van der Waals surface area contributed by atoms with Crippen molar-refractivity contribution in [1.29, 1.82) is 0 Å². The minimum atomic E-state index is -1.41. The van der Waals surface area contributed by atoms with Crippen LogP contribution in [0.3, 0.4) is 0 Å². The standard InChI is InChI=1S/C11H12BrClFNOS/c1-11(2,3)17(16)15-6-7-4-8(13)5-9(12)10(7)14/h4-6H,1-3H3. The number of halogens is 3. The maximum atomic E-state index is 13.6. The Kier molecular flexibility index (Phi) is 5.01. The van der Waals surface area contributed by atoms with E-state index in [1.165, 1.54) is 18.3 Å². The Morgan fingerprint density at radius 3 is 2.59 bits per heavy atom. The van der Waals surface area contributed by atoms with Crippen molar-refractivity contribution in [2.45, 2.75) is 25.5 Å². The monoisotopic (exact) mass is 339 g/mol. The van der Waals surface area contributed by atoms with E-state index >= 15 is 0 Å². The molecule has 0 aliphatic rings. The van der Waals surface area contributed by atoms with E-state index in [2.05, 4.69) is 20.3 Å². The third kappa shape index (κ3) is 4.25. The topological polar surface area (TPSA) is 35.4 Å². The molecular weight excluding hydrogens is 329 g/mol. The molecular formula is C11H12BrClFNOS. The van der Waals surface area contributed by atoms with Gasteiger partial charge in [0, 0.05) is 10.6 Å². The lowest BCUT2D eigenvalue weighted by molar-refractivity contribution is 0.561. The van der Waals surface area contributed by atoms with Crippen molar-refractivity contribution < 1.29 is 8.94 Å². The van der Waals surface area contributed by atoms with E-state index in [9.17, 15) is 8.94 Å². The molecule has 0 N–H and O–H groups in total. The molecule has 17 heavy (non-hydrogen) atoms. The van der Waals surface area contributed by atoms with Gasteiger partial charge in [-0.3, -0.25) is 0 Å². The summed E-state index contributed by atoms with van der Waals surface area (Å²) < 4.78 is 28.9. The molecule has 2 nitrogen and oxygen atoms in total. The summed E-state index contributed by atoms with van der Waals surface area (Å²) in [5, 5.41) is 0.390. The molecule has 0 radical (unpaired) electrons. The van der Waals surface area contributed by atoms with Crippen LogP contribution < -0.4 is 0 Å². The lowest BCUT2D eigenvalue weighted by atomic mass is 10.2. The molecule has 0 aliphatic carbocycles. The number of benzene rings is 1. The number of nitrogens with zero attached hydrogens (tertiary/aromatic N) is 1. The average Bonchev–Trinajstić information content (AvgIpc) is 2.19. The van der Waals surface area contributed by atoms with Crippen molar-refractivity contribution in [3.05, 3.63) is 33.0 Å². The van der Waals surface area contributed by atoms with E-state index < -0.39 is 21.9 Å². The molecule has 1 atom stereocenters. The lowest BCUT2D eigenvalue weighted by Crippen LogP contribution is -2.25. The van der Waals surface area contributed by atoms with Crippen molar-refractivity contribution in [2.75, 3.05) is 0 Å². The van der Waals surface area contributed by atoms with E-state index in [1.54, 1.807) is 20.8 Å². The predicted octanol–water partition coefficient (Wildman–Crippen LogP) is 4.12. The van der Waals surface area contributed by atoms with Gasteiger partial charge in [-0.15, -0.1) is 0 Å². The van der Waals surface area contributed by atoms with Crippen molar-refractivity contribution >= 4 is 45.1 Å². The lowest BCUT2D eigenvalue weighted by Gasteiger charge is -2.17. The van der Waals surface area contributed by atoms with Gasteiger partial charge in [0.05, 0.1) is 10.7 Å². The van der Waals surface area contributed by atoms with Gasteiger partial charge in [-0.05, 0) is 48.8 Å². The van der Waals surface area contributed by atoms with Crippen LogP contribution in [0.1, 0.15) is 26.3 Å². The summed E-state index contributed by atoms with van der Waals surface area (Å²) in [6.45, 7) is 5.39. The Morgan fingerprint density at radius 1 is 1.47 bits per heavy atom. The van der Waals surface area contributed by atoms with Crippen LogP contribution in [0.2, 0.25) is 5.02 Å². The van der Waals surface area contributed by atoms with E-state index in [1.807, 2.05) is 0 Å². The Bertz CT molecular complexity index is 448. The highest BCUT2D eigenvalue weighted by molar-refractivity contribution is 9.10. The van der Waals surface area contributed by atoms with Gasteiger partial charge in [0.15, 0.2) is 0 Å². The molecule has 1 unspecified atom stereocenters. The summed E-state index contributed by atoms with van der Waals surface area (Å²) in [4.78, 5) is 0. The van der Waals surface area contributed by atoms with Gasteiger partial charge in [0.25, 0.3) is 0 Å². The zero-order valence-corrected chi connectivity index (χ0v) is 12.8. The van der Waals surface area contributed by atoms with Crippen molar-refractivity contribution in [1.82, 2.24) is 0 Å². The molecule has 1 rings (SSSR count). The molecule has 6 heteroatoms. The molecule has 0 bridgehead atoms. The normalized spacial score (nSPS) is 14.3. The molecule has 0 aromatic heterocycles. The van der Waals surface area contributed by atoms with Gasteiger partial charge in [0.2, 0.25) is 0 Å². The second kappa shape index (κ2) is 5.69. The Labute approximate surface area is 117 Å². The summed E-state index contributed by atoms with van der Waals surface area (Å²) >= 11 is 7.42. The van der Waals surface area contributed by atoms with E-state index in [0.29, 0.717) is 5.02 Å². The predicted molar refractivity (Wildman–Crippen MR) is 74.6 cm³/mol. The zero-order chi connectivity index (χ0) is 13.2. The smallest absolute Gasteiger partial charge is 0.146 e. The van der Waals surface area contributed by atoms with Gasteiger partial charge in [-0.2, -0.15) is 0 Å². The largest absolute Gasteiger partial charge is 0.591 e. The first-order valence-corrected chi connectivity index (χ1v) is 7.10. The zero-order valence-electron chi connectivity index (χ0n) is 9.63. The Hall–Kier alpha value is -0.100. The van der Waals surface area contributed by atoms with Crippen LogP contribution in [-0.2, 0) is 11.4 Å². The highest BCUT2D eigenvalue weighted by atomic mass is 79.9. The molecule has 1 aromatic rings. The van der Waals surface area contributed by atoms with Gasteiger partial charge < -0.3 is 4.55 Å². The van der Waals surface area contributed by atoms with Gasteiger partial charge in [-0.25, -0.2) is 4.39 Å². The number of rotatable bonds is 2. The first kappa shape index (κ1) is 15.0. The van der Waals surface area contributed by atoms with E-state index in [0.717, 1.165) is 0 Å². The van der Waals surface area contributed by atoms with Crippen LogP contribution in [0, 0.1) is 5.82 Å². The third-order valence-electron chi connectivity index (χ3n) is 1.83. The maximum Gasteiger partial charge on any atom is 0.146 e. The summed E-state index contributed by atoms with van der Waals surface area (Å²) in [7, 11) is 0. The summed E-state index contributed by atoms with van der Waals surface area (Å²) in [6.07, 6.45) is 1.24. The summed E-state index contributed by atoms with van der Waals surface area (Å²) in [5.41, 5.74) is 0.210. The molecule has 0 spiro atoms. The van der Waals surface area contributed by atoms with Crippen LogP contribution >= 0.6 is 27.5 Å². The molecule has 0 aliphatic heterocycles. The first-order valence-electron chi connectivity index (χ1n) is 4.82. The van der Waals surface area contributed by atoms with Crippen molar-refractivity contribution in [3.8, 4) is 0 Å². The van der Waals surface area contributed by atoms with Crippen molar-refractivity contribution in [2.24, 2.45) is 4.40 Å². The SMILES string of the molecule is CC(C)(C)[S+]([O-])N=Cc1cc(Cl)cc(Br)c1F. The minimum absolute atomic E-state index is 0.210. The highest BCUT2D eigenvalue weighted by Gasteiger charge is 2.26. The molecule has 0 heterocycles. The maximum absolute atomic E-state index is 13.6. The molecule has 0 saturated carbocycles. The summed E-state index contributed by atoms with van der Waals surface area (Å²) in [6, 6.07) is 2.89. The van der Waals surface area contributed by atoms with Crippen LogP contribution in [-0.4, -0.2) is 15.5 Å². The van der Waals surface area contributed by atoms with Gasteiger partial charge in [0.1, 0.15) is 21.9 Å². The van der Waals surface area contributed by atoms with Crippen LogP contribution in [0.5, 0.6) is 0 Å². The minimum Gasteiger partial charge on any atom is -0.591 e. The Balaban J connectivity index is 3.00. The number of hydrogen-bond acceptors (Lipinski definition) is 2. The average molecular weight is 341 g/mol. The second-order valence-corrected chi connectivity index (χ2v) is 7.61. The highest BCUT2D eigenvalue weighted by Crippen LogP contribution is 2.24. The second-order valence-electron chi connectivity index (χ2n) is 4.39. The molecule has 1 aromatic carbocycles. The van der Waals surface area contributed by atoms with Gasteiger partial charge >= 0.3 is 0 Å². The fourth-order valence-corrected chi connectivity index (χ4v) is 2.29. The first-order chi connectivity index (χ1) is 7.71. The molecule has 0 saturated heterocycles. The van der Waals surface area contributed by atoms with Crippen LogP contribution in [0.15, 0.2) is 21.0 Å². The molecule has 0 amide bonds. The molecule has 94 valence electrons. The fraction of sp³-hybridized carbons (Fsp3) is 0.364. The van der Waals surface area contributed by atoms with E-state index in [4.69, 9.17) is 11.6 Å². The Morgan fingerprint density at radius 2 is 2.06 bits per heavy atom. The summed E-state index contributed by atoms with van der Waals surface area (Å²) in [5.74, 6) is -0.468. The fourth-order valence-electron chi connectivity index (χ4n) is 0.933. The quantitative estimate of drug-likeness (QED) is 0.453. The molecule has 0 fully saturated rings. The van der Waals surface area contributed by atoms with Gasteiger partial charge in [-0.1, -0.05) is 16.0 Å². The van der Waals surface area contributed by atoms with Crippen LogP contribution in [0.4, 0.5) is 4.39 Å². The number of hydrogen-bond donors (Lipinski definition) is 0. The van der Waals surface area contributed by atoms with Crippen LogP contribution in [0.25, 0.3) is 0 Å².